The molecule has 0 spiro atoms. The first-order chi connectivity index (χ1) is 11.7. The zero-order valence-corrected chi connectivity index (χ0v) is 14.6. The lowest BCUT2D eigenvalue weighted by molar-refractivity contribution is -0.120. The van der Waals surface area contributed by atoms with Gasteiger partial charge in [0, 0.05) is 18.2 Å². The quantitative estimate of drug-likeness (QED) is 0.868. The summed E-state index contributed by atoms with van der Waals surface area (Å²) in [6, 6.07) is 4.15. The van der Waals surface area contributed by atoms with E-state index in [1.54, 1.807) is 6.20 Å². The summed E-state index contributed by atoms with van der Waals surface area (Å²) in [6.45, 7) is 3.74. The van der Waals surface area contributed by atoms with Crippen molar-refractivity contribution < 1.29 is 9.53 Å². The number of nitrogens with zero attached hydrogens (tertiary/aromatic N) is 1. The first-order valence-corrected chi connectivity index (χ1v) is 9.34. The molecule has 5 nitrogen and oxygen atoms in total. The Morgan fingerprint density at radius 2 is 2.17 bits per heavy atom. The Morgan fingerprint density at radius 3 is 2.96 bits per heavy atom. The Hall–Kier alpha value is -1.62. The highest BCUT2D eigenvalue weighted by Gasteiger charge is 2.25. The van der Waals surface area contributed by atoms with Gasteiger partial charge in [-0.2, -0.15) is 0 Å². The Labute approximate surface area is 144 Å². The van der Waals surface area contributed by atoms with E-state index >= 15 is 0 Å². The highest BCUT2D eigenvalue weighted by Crippen LogP contribution is 2.27. The average Bonchev–Trinajstić information content (AvgIpc) is 2.62. The topological polar surface area (TPSA) is 63.2 Å². The van der Waals surface area contributed by atoms with Gasteiger partial charge < -0.3 is 15.4 Å². The van der Waals surface area contributed by atoms with Gasteiger partial charge in [0.15, 0.2) is 11.6 Å². The number of nitrogens with one attached hydrogen (secondary N) is 2. The lowest BCUT2D eigenvalue weighted by atomic mass is 9.90. The van der Waals surface area contributed by atoms with Gasteiger partial charge in [-0.05, 0) is 57.2 Å². The monoisotopic (exact) mass is 331 g/mol. The molecule has 1 amide bonds. The molecule has 0 unspecified atom stereocenters. The van der Waals surface area contributed by atoms with Crippen LogP contribution in [-0.4, -0.2) is 30.1 Å². The number of hydrogen-bond donors (Lipinski definition) is 2. The van der Waals surface area contributed by atoms with Crippen molar-refractivity contribution in [2.24, 2.45) is 11.8 Å². The van der Waals surface area contributed by atoms with E-state index in [1.807, 2.05) is 12.1 Å². The largest absolute Gasteiger partial charge is 0.489 e. The normalized spacial score (nSPS) is 25.2. The second kappa shape index (κ2) is 8.47. The van der Waals surface area contributed by atoms with Crippen LogP contribution in [0.5, 0.6) is 5.75 Å². The first kappa shape index (κ1) is 17.2. The molecule has 1 saturated carbocycles. The van der Waals surface area contributed by atoms with Gasteiger partial charge in [-0.1, -0.05) is 19.3 Å². The summed E-state index contributed by atoms with van der Waals surface area (Å²) in [5, 5.41) is 6.36. The van der Waals surface area contributed by atoms with Crippen LogP contribution in [0.2, 0.25) is 0 Å². The fourth-order valence-electron chi connectivity index (χ4n) is 3.75. The number of hydrogen-bond acceptors (Lipinski definition) is 4. The predicted molar refractivity (Wildman–Crippen MR) is 95.1 cm³/mol. The van der Waals surface area contributed by atoms with Crippen molar-refractivity contribution in [2.75, 3.05) is 18.5 Å². The van der Waals surface area contributed by atoms with Gasteiger partial charge in [-0.15, -0.1) is 0 Å². The van der Waals surface area contributed by atoms with Crippen LogP contribution in [0.4, 0.5) is 5.82 Å². The van der Waals surface area contributed by atoms with Crippen molar-refractivity contribution in [3.05, 3.63) is 18.3 Å². The third-order valence-electron chi connectivity index (χ3n) is 5.21. The van der Waals surface area contributed by atoms with E-state index in [1.165, 1.54) is 32.1 Å². The molecule has 3 rings (SSSR count). The molecule has 5 heteroatoms. The minimum Gasteiger partial charge on any atom is -0.489 e. The lowest BCUT2D eigenvalue weighted by Crippen LogP contribution is -2.40. The highest BCUT2D eigenvalue weighted by molar-refractivity contribution is 5.93. The smallest absolute Gasteiger partial charge is 0.228 e. The molecular formula is C19H29N3O2. The second-order valence-corrected chi connectivity index (χ2v) is 7.23. The predicted octanol–water partition coefficient (Wildman–Crippen LogP) is 3.37. The van der Waals surface area contributed by atoms with E-state index in [9.17, 15) is 4.79 Å². The first-order valence-electron chi connectivity index (χ1n) is 9.34. The molecule has 2 heterocycles. The highest BCUT2D eigenvalue weighted by atomic mass is 16.5. The van der Waals surface area contributed by atoms with Crippen molar-refractivity contribution >= 4 is 11.7 Å². The van der Waals surface area contributed by atoms with Crippen LogP contribution < -0.4 is 15.4 Å². The van der Waals surface area contributed by atoms with Crippen LogP contribution in [0.3, 0.4) is 0 Å². The van der Waals surface area contributed by atoms with Crippen LogP contribution in [0.25, 0.3) is 0 Å². The molecule has 2 atom stereocenters. The van der Waals surface area contributed by atoms with E-state index in [4.69, 9.17) is 4.74 Å². The SMILES string of the molecule is C[C@H]1C[C@@H](C(=O)Nc2ncccc2OCC2CCCCC2)CCN1. The lowest BCUT2D eigenvalue weighted by Gasteiger charge is -2.27. The van der Waals surface area contributed by atoms with Crippen LogP contribution in [0.15, 0.2) is 18.3 Å². The minimum absolute atomic E-state index is 0.0504. The molecule has 2 aliphatic rings. The van der Waals surface area contributed by atoms with Crippen LogP contribution in [0.1, 0.15) is 51.9 Å². The van der Waals surface area contributed by atoms with E-state index in [2.05, 4.69) is 22.5 Å². The molecule has 1 aliphatic carbocycles. The summed E-state index contributed by atoms with van der Waals surface area (Å²) >= 11 is 0. The van der Waals surface area contributed by atoms with Crippen molar-refractivity contribution in [2.45, 2.75) is 57.9 Å². The van der Waals surface area contributed by atoms with E-state index in [-0.39, 0.29) is 11.8 Å². The number of piperidine rings is 1. The molecule has 0 aromatic carbocycles. The maximum Gasteiger partial charge on any atom is 0.228 e. The van der Waals surface area contributed by atoms with Gasteiger partial charge in [-0.3, -0.25) is 4.79 Å². The van der Waals surface area contributed by atoms with Gasteiger partial charge in [0.2, 0.25) is 5.91 Å². The van der Waals surface area contributed by atoms with Crippen molar-refractivity contribution in [1.29, 1.82) is 0 Å². The van der Waals surface area contributed by atoms with Crippen LogP contribution in [0, 0.1) is 11.8 Å². The Bertz CT molecular complexity index is 543. The number of carbonyl (C=O) groups is 1. The third kappa shape index (κ3) is 4.69. The summed E-state index contributed by atoms with van der Waals surface area (Å²) < 4.78 is 6.00. The van der Waals surface area contributed by atoms with Gasteiger partial charge in [0.25, 0.3) is 0 Å². The number of amides is 1. The molecule has 0 bridgehead atoms. The van der Waals surface area contributed by atoms with Gasteiger partial charge in [0.1, 0.15) is 0 Å². The Morgan fingerprint density at radius 1 is 1.33 bits per heavy atom. The third-order valence-corrected chi connectivity index (χ3v) is 5.21. The zero-order chi connectivity index (χ0) is 16.8. The molecular weight excluding hydrogens is 302 g/mol. The molecule has 1 aliphatic heterocycles. The second-order valence-electron chi connectivity index (χ2n) is 7.23. The summed E-state index contributed by atoms with van der Waals surface area (Å²) in [4.78, 5) is 16.9. The molecule has 2 fully saturated rings. The Balaban J connectivity index is 1.57. The average molecular weight is 331 g/mol. The number of pyridine rings is 1. The summed E-state index contributed by atoms with van der Waals surface area (Å²) in [6.07, 6.45) is 9.90. The van der Waals surface area contributed by atoms with Crippen molar-refractivity contribution in [3.63, 3.8) is 0 Å². The summed E-state index contributed by atoms with van der Waals surface area (Å²) in [5.74, 6) is 2.00. The molecule has 24 heavy (non-hydrogen) atoms. The van der Waals surface area contributed by atoms with Crippen LogP contribution in [-0.2, 0) is 4.79 Å². The molecule has 2 N–H and O–H groups in total. The van der Waals surface area contributed by atoms with Crippen molar-refractivity contribution in [3.8, 4) is 5.75 Å². The standard InChI is InChI=1S/C19H29N3O2/c1-14-12-16(9-11-20-14)19(23)22-18-17(8-5-10-21-18)24-13-15-6-3-2-4-7-15/h5,8,10,14-16,20H,2-4,6-7,9,11-13H2,1H3,(H,21,22,23)/t14-,16-/m0/s1. The van der Waals surface area contributed by atoms with E-state index in [0.29, 0.717) is 23.5 Å². The fourth-order valence-corrected chi connectivity index (χ4v) is 3.75. The molecule has 1 aromatic rings. The Kier molecular flexibility index (Phi) is 6.07. The molecule has 1 aromatic heterocycles. The van der Waals surface area contributed by atoms with Crippen molar-refractivity contribution in [1.82, 2.24) is 10.3 Å². The van der Waals surface area contributed by atoms with E-state index < -0.39 is 0 Å². The number of ether oxygens (including phenoxy) is 1. The molecule has 132 valence electrons. The number of aromatic nitrogens is 1. The minimum atomic E-state index is 0.0504. The maximum absolute atomic E-state index is 12.5. The summed E-state index contributed by atoms with van der Waals surface area (Å²) in [5.41, 5.74) is 0. The molecule has 1 saturated heterocycles. The van der Waals surface area contributed by atoms with Gasteiger partial charge in [-0.25, -0.2) is 4.98 Å². The van der Waals surface area contributed by atoms with E-state index in [0.717, 1.165) is 26.0 Å². The molecule has 0 radical (unpaired) electrons. The maximum atomic E-state index is 12.5. The number of rotatable bonds is 5. The summed E-state index contributed by atoms with van der Waals surface area (Å²) in [7, 11) is 0. The van der Waals surface area contributed by atoms with Gasteiger partial charge >= 0.3 is 0 Å². The number of carbonyl (C=O) groups excluding carboxylic acids is 1. The van der Waals surface area contributed by atoms with Crippen LogP contribution >= 0.6 is 0 Å². The van der Waals surface area contributed by atoms with Gasteiger partial charge in [0.05, 0.1) is 6.61 Å². The zero-order valence-electron chi connectivity index (χ0n) is 14.6. The number of anilines is 1. The fraction of sp³-hybridized carbons (Fsp3) is 0.684.